The molecule has 1 atom stereocenters. The number of alkyl halides is 2. The van der Waals surface area contributed by atoms with E-state index in [1.165, 1.54) is 0 Å². The molecule has 0 spiro atoms. The Morgan fingerprint density at radius 2 is 1.75 bits per heavy atom. The van der Waals surface area contributed by atoms with E-state index in [2.05, 4.69) is 5.18 Å². The summed E-state index contributed by atoms with van der Waals surface area (Å²) in [6.07, 6.45) is -1.55. The minimum atomic E-state index is -2.65. The second-order valence-electron chi connectivity index (χ2n) is 3.25. The summed E-state index contributed by atoms with van der Waals surface area (Å²) in [4.78, 5) is 10.2. The molecule has 0 aliphatic heterocycles. The van der Waals surface area contributed by atoms with E-state index in [1.807, 2.05) is 0 Å². The lowest BCUT2D eigenvalue weighted by molar-refractivity contribution is 0.0466. The van der Waals surface area contributed by atoms with Crippen LogP contribution in [0.3, 0.4) is 0 Å². The molecule has 0 saturated carbocycles. The molecule has 0 saturated heterocycles. The van der Waals surface area contributed by atoms with Gasteiger partial charge in [0.2, 0.25) is 0 Å². The highest BCUT2D eigenvalue weighted by Gasteiger charge is 2.38. The van der Waals surface area contributed by atoms with Crippen LogP contribution in [0.15, 0.2) is 5.18 Å². The van der Waals surface area contributed by atoms with Crippen LogP contribution in [0.25, 0.3) is 0 Å². The second-order valence-corrected chi connectivity index (χ2v) is 3.25. The van der Waals surface area contributed by atoms with Crippen molar-refractivity contribution >= 4 is 0 Å². The third-order valence-corrected chi connectivity index (χ3v) is 2.68. The van der Waals surface area contributed by atoms with Crippen LogP contribution >= 0.6 is 0 Å². The molecule has 0 fully saturated rings. The quantitative estimate of drug-likeness (QED) is 0.596. The van der Waals surface area contributed by atoms with Gasteiger partial charge in [-0.05, 0) is 18.3 Å². The Kier molecular flexibility index (Phi) is 4.28. The van der Waals surface area contributed by atoms with Crippen molar-refractivity contribution in [3.8, 4) is 0 Å². The molecular weight excluding hydrogens is 164 g/mol. The van der Waals surface area contributed by atoms with Crippen molar-refractivity contribution < 1.29 is 8.78 Å². The van der Waals surface area contributed by atoms with Crippen LogP contribution in [-0.2, 0) is 0 Å². The van der Waals surface area contributed by atoms with Gasteiger partial charge in [0.15, 0.2) is 6.04 Å². The molecule has 0 heterocycles. The fourth-order valence-electron chi connectivity index (χ4n) is 1.15. The molecule has 0 aromatic rings. The summed E-state index contributed by atoms with van der Waals surface area (Å²) in [5.41, 5.74) is -0.657. The molecule has 0 aromatic carbocycles. The molecule has 0 aliphatic rings. The Morgan fingerprint density at radius 1 is 1.33 bits per heavy atom. The molecule has 0 aromatic heterocycles. The molecule has 12 heavy (non-hydrogen) atoms. The van der Waals surface area contributed by atoms with Crippen molar-refractivity contribution in [1.82, 2.24) is 0 Å². The first-order valence-electron chi connectivity index (χ1n) is 4.12. The van der Waals surface area contributed by atoms with Crippen molar-refractivity contribution in [1.29, 1.82) is 0 Å². The summed E-state index contributed by atoms with van der Waals surface area (Å²) in [6, 6.07) is -1.37. The Labute approximate surface area is 71.3 Å². The Morgan fingerprint density at radius 3 is 1.83 bits per heavy atom. The lowest BCUT2D eigenvalue weighted by atomic mass is 9.78. The number of hydrogen-bond acceptors (Lipinski definition) is 2. The van der Waals surface area contributed by atoms with E-state index in [-0.39, 0.29) is 0 Å². The summed E-state index contributed by atoms with van der Waals surface area (Å²) in [7, 11) is 0. The number of rotatable bonds is 5. The van der Waals surface area contributed by atoms with Crippen molar-refractivity contribution in [3.63, 3.8) is 0 Å². The maximum atomic E-state index is 12.3. The van der Waals surface area contributed by atoms with Crippen LogP contribution in [0.4, 0.5) is 8.78 Å². The highest BCUT2D eigenvalue weighted by Crippen LogP contribution is 2.35. The highest BCUT2D eigenvalue weighted by atomic mass is 19.3. The van der Waals surface area contributed by atoms with E-state index in [4.69, 9.17) is 0 Å². The summed E-state index contributed by atoms with van der Waals surface area (Å²) < 4.78 is 24.6. The molecule has 0 N–H and O–H groups in total. The van der Waals surface area contributed by atoms with Gasteiger partial charge in [0.25, 0.3) is 6.43 Å². The molecule has 0 radical (unpaired) electrons. The van der Waals surface area contributed by atoms with Gasteiger partial charge in [0.05, 0.1) is 0 Å². The SMILES string of the molecule is CCC(C)(CC)C(N=O)C(F)F. The van der Waals surface area contributed by atoms with Gasteiger partial charge in [-0.1, -0.05) is 25.9 Å². The monoisotopic (exact) mass is 179 g/mol. The second kappa shape index (κ2) is 4.48. The topological polar surface area (TPSA) is 29.4 Å². The first-order chi connectivity index (χ1) is 5.51. The zero-order valence-electron chi connectivity index (χ0n) is 7.68. The van der Waals surface area contributed by atoms with E-state index in [0.29, 0.717) is 12.8 Å². The third-order valence-electron chi connectivity index (χ3n) is 2.68. The largest absolute Gasteiger partial charge is 0.264 e. The van der Waals surface area contributed by atoms with E-state index in [9.17, 15) is 13.7 Å². The van der Waals surface area contributed by atoms with Crippen LogP contribution in [0.5, 0.6) is 0 Å². The number of nitroso groups, excluding NO2 is 1. The molecule has 72 valence electrons. The van der Waals surface area contributed by atoms with E-state index < -0.39 is 17.9 Å². The Bertz CT molecular complexity index is 146. The van der Waals surface area contributed by atoms with Gasteiger partial charge in [-0.25, -0.2) is 8.78 Å². The third kappa shape index (κ3) is 2.22. The van der Waals surface area contributed by atoms with Crippen molar-refractivity contribution in [2.45, 2.75) is 46.1 Å². The van der Waals surface area contributed by atoms with Crippen molar-refractivity contribution in [2.24, 2.45) is 10.6 Å². The molecule has 2 nitrogen and oxygen atoms in total. The van der Waals surface area contributed by atoms with Gasteiger partial charge in [-0.2, -0.15) is 4.91 Å². The van der Waals surface area contributed by atoms with Crippen LogP contribution in [0.2, 0.25) is 0 Å². The van der Waals surface area contributed by atoms with E-state index in [0.717, 1.165) is 0 Å². The smallest absolute Gasteiger partial charge is 0.208 e. The summed E-state index contributed by atoms with van der Waals surface area (Å²) in [5, 5.41) is 2.50. The molecule has 0 bridgehead atoms. The molecule has 4 heteroatoms. The zero-order valence-corrected chi connectivity index (χ0v) is 7.68. The molecule has 1 unspecified atom stereocenters. The molecule has 0 amide bonds. The molecular formula is C8H15F2NO. The minimum absolute atomic E-state index is 0.546. The van der Waals surface area contributed by atoms with Crippen molar-refractivity contribution in [2.75, 3.05) is 0 Å². The average Bonchev–Trinajstić information content (AvgIpc) is 2.04. The first-order valence-corrected chi connectivity index (χ1v) is 4.12. The predicted molar refractivity (Wildman–Crippen MR) is 44.3 cm³/mol. The van der Waals surface area contributed by atoms with Gasteiger partial charge in [-0.3, -0.25) is 0 Å². The van der Waals surface area contributed by atoms with E-state index >= 15 is 0 Å². The normalized spacial score (nSPS) is 14.8. The van der Waals surface area contributed by atoms with Crippen LogP contribution in [0.1, 0.15) is 33.6 Å². The number of hydrogen-bond donors (Lipinski definition) is 0. The first kappa shape index (κ1) is 11.5. The summed E-state index contributed by atoms with van der Waals surface area (Å²) in [5.74, 6) is 0. The fraction of sp³-hybridized carbons (Fsp3) is 1.00. The van der Waals surface area contributed by atoms with Gasteiger partial charge >= 0.3 is 0 Å². The summed E-state index contributed by atoms with van der Waals surface area (Å²) in [6.45, 7) is 5.26. The Hall–Kier alpha value is -0.540. The molecule has 0 rings (SSSR count). The van der Waals surface area contributed by atoms with Gasteiger partial charge in [0.1, 0.15) is 0 Å². The van der Waals surface area contributed by atoms with E-state index in [1.54, 1.807) is 20.8 Å². The van der Waals surface area contributed by atoms with Gasteiger partial charge in [0, 0.05) is 0 Å². The van der Waals surface area contributed by atoms with Crippen molar-refractivity contribution in [3.05, 3.63) is 4.91 Å². The highest BCUT2D eigenvalue weighted by molar-refractivity contribution is 4.87. The van der Waals surface area contributed by atoms with Crippen LogP contribution in [-0.4, -0.2) is 12.5 Å². The summed E-state index contributed by atoms with van der Waals surface area (Å²) >= 11 is 0. The molecule has 0 aliphatic carbocycles. The Balaban J connectivity index is 4.54. The maximum absolute atomic E-state index is 12.3. The lowest BCUT2D eigenvalue weighted by Gasteiger charge is -2.30. The van der Waals surface area contributed by atoms with Gasteiger partial charge < -0.3 is 0 Å². The average molecular weight is 179 g/mol. The standard InChI is InChI=1S/C8H15F2NO/c1-4-8(3,5-2)6(11-12)7(9)10/h6-7H,4-5H2,1-3H3. The van der Waals surface area contributed by atoms with Crippen LogP contribution < -0.4 is 0 Å². The van der Waals surface area contributed by atoms with Crippen LogP contribution in [0, 0.1) is 10.3 Å². The maximum Gasteiger partial charge on any atom is 0.264 e. The number of halogens is 2. The predicted octanol–water partition coefficient (Wildman–Crippen LogP) is 3.21. The van der Waals surface area contributed by atoms with Gasteiger partial charge in [-0.15, -0.1) is 0 Å². The minimum Gasteiger partial charge on any atom is -0.208 e. The zero-order chi connectivity index (χ0) is 9.78. The number of nitrogens with zero attached hydrogens (tertiary/aromatic N) is 1. The fourth-order valence-corrected chi connectivity index (χ4v) is 1.15. The lowest BCUT2D eigenvalue weighted by Crippen LogP contribution is -2.35.